The molecule has 32 heavy (non-hydrogen) atoms. The number of fused-ring (bicyclic) bond motifs is 2. The molecule has 2 aromatic rings. The number of hydrogen-bond donors (Lipinski definition) is 2. The number of hydrogen-bond acceptors (Lipinski definition) is 5. The minimum absolute atomic E-state index is 0.0106. The molecule has 1 fully saturated rings. The summed E-state index contributed by atoms with van der Waals surface area (Å²) >= 11 is 0. The number of imide groups is 1. The predicted molar refractivity (Wildman–Crippen MR) is 117 cm³/mol. The van der Waals surface area contributed by atoms with Crippen LogP contribution in [0.4, 0.5) is 5.69 Å². The quantitative estimate of drug-likeness (QED) is 0.713. The van der Waals surface area contributed by atoms with Crippen LogP contribution in [0.25, 0.3) is 0 Å². The number of nitrogens with zero attached hydrogens (tertiary/aromatic N) is 2. The first-order chi connectivity index (χ1) is 15.5. The van der Waals surface area contributed by atoms with E-state index in [9.17, 15) is 19.2 Å². The van der Waals surface area contributed by atoms with Gasteiger partial charge in [-0.15, -0.1) is 0 Å². The fourth-order valence-electron chi connectivity index (χ4n) is 4.66. The maximum Gasteiger partial charge on any atom is 0.255 e. The van der Waals surface area contributed by atoms with Gasteiger partial charge in [-0.25, -0.2) is 0 Å². The van der Waals surface area contributed by atoms with E-state index >= 15 is 0 Å². The normalized spacial score (nSPS) is 20.0. The second kappa shape index (κ2) is 8.11. The SMILES string of the molecule is O=C1CCC(N2Cc3ccc(NCC(=O)N4CCc5ccccc5C4)cc3C2=O)C(=O)N1. The van der Waals surface area contributed by atoms with Gasteiger partial charge in [-0.2, -0.15) is 0 Å². The maximum absolute atomic E-state index is 12.9. The zero-order chi connectivity index (χ0) is 22.2. The van der Waals surface area contributed by atoms with Gasteiger partial charge in [-0.3, -0.25) is 24.5 Å². The molecular weight excluding hydrogens is 408 g/mol. The summed E-state index contributed by atoms with van der Waals surface area (Å²) in [6.45, 7) is 1.79. The van der Waals surface area contributed by atoms with E-state index in [1.807, 2.05) is 29.2 Å². The van der Waals surface area contributed by atoms with Crippen LogP contribution >= 0.6 is 0 Å². The standard InChI is InChI=1S/C24H24N4O4/c29-21-8-7-20(23(31)26-21)28-14-17-5-6-18(11-19(17)24(28)32)25-12-22(30)27-10-9-15-3-1-2-4-16(15)13-27/h1-6,11,20,25H,7-10,12-14H2,(H,26,29,31). The molecule has 0 spiro atoms. The molecule has 1 unspecified atom stereocenters. The first kappa shape index (κ1) is 20.2. The number of carbonyl (C=O) groups excluding carboxylic acids is 4. The van der Waals surface area contributed by atoms with Crippen molar-refractivity contribution in [2.24, 2.45) is 0 Å². The number of rotatable bonds is 4. The third-order valence-electron chi connectivity index (χ3n) is 6.46. The van der Waals surface area contributed by atoms with E-state index in [1.165, 1.54) is 16.0 Å². The molecule has 164 valence electrons. The highest BCUT2D eigenvalue weighted by atomic mass is 16.2. The van der Waals surface area contributed by atoms with Crippen molar-refractivity contribution in [2.45, 2.75) is 38.4 Å². The average Bonchev–Trinajstić information content (AvgIpc) is 3.12. The Hall–Kier alpha value is -3.68. The van der Waals surface area contributed by atoms with E-state index < -0.39 is 11.9 Å². The van der Waals surface area contributed by atoms with Crippen molar-refractivity contribution in [3.8, 4) is 0 Å². The highest BCUT2D eigenvalue weighted by molar-refractivity contribution is 6.05. The fraction of sp³-hybridized carbons (Fsp3) is 0.333. The molecule has 8 nitrogen and oxygen atoms in total. The van der Waals surface area contributed by atoms with Gasteiger partial charge in [0.2, 0.25) is 17.7 Å². The van der Waals surface area contributed by atoms with E-state index in [-0.39, 0.29) is 30.7 Å². The third kappa shape index (κ3) is 3.72. The average molecular weight is 432 g/mol. The molecule has 4 amide bonds. The monoisotopic (exact) mass is 432 g/mol. The molecule has 8 heteroatoms. The van der Waals surface area contributed by atoms with Crippen molar-refractivity contribution in [2.75, 3.05) is 18.4 Å². The van der Waals surface area contributed by atoms with Crippen molar-refractivity contribution >= 4 is 29.3 Å². The van der Waals surface area contributed by atoms with Gasteiger partial charge < -0.3 is 15.1 Å². The van der Waals surface area contributed by atoms with Gasteiger partial charge in [0.25, 0.3) is 5.91 Å². The molecular formula is C24H24N4O4. The number of piperidine rings is 1. The Balaban J connectivity index is 1.22. The number of amides is 4. The minimum atomic E-state index is -0.632. The smallest absolute Gasteiger partial charge is 0.255 e. The van der Waals surface area contributed by atoms with Crippen molar-refractivity contribution in [1.82, 2.24) is 15.1 Å². The van der Waals surface area contributed by atoms with Crippen molar-refractivity contribution < 1.29 is 19.2 Å². The molecule has 0 saturated carbocycles. The second-order valence-electron chi connectivity index (χ2n) is 8.46. The van der Waals surface area contributed by atoms with E-state index in [4.69, 9.17) is 0 Å². The first-order valence-corrected chi connectivity index (χ1v) is 10.9. The number of carbonyl (C=O) groups is 4. The molecule has 1 atom stereocenters. The van der Waals surface area contributed by atoms with Gasteiger partial charge in [-0.05, 0) is 41.7 Å². The maximum atomic E-state index is 12.9. The molecule has 0 aromatic heterocycles. The molecule has 1 saturated heterocycles. The summed E-state index contributed by atoms with van der Waals surface area (Å²) in [4.78, 5) is 52.6. The second-order valence-corrected chi connectivity index (χ2v) is 8.46. The van der Waals surface area contributed by atoms with Crippen LogP contribution < -0.4 is 10.6 Å². The van der Waals surface area contributed by atoms with Crippen molar-refractivity contribution in [1.29, 1.82) is 0 Å². The molecule has 2 N–H and O–H groups in total. The summed E-state index contributed by atoms with van der Waals surface area (Å²) in [5.74, 6) is -0.938. The Bertz CT molecular complexity index is 1130. The predicted octanol–water partition coefficient (Wildman–Crippen LogP) is 1.44. The lowest BCUT2D eigenvalue weighted by atomic mass is 10.00. The molecule has 0 aliphatic carbocycles. The molecule has 3 aliphatic heterocycles. The van der Waals surface area contributed by atoms with E-state index in [0.29, 0.717) is 37.3 Å². The zero-order valence-electron chi connectivity index (χ0n) is 17.6. The Kier molecular flexibility index (Phi) is 5.13. The highest BCUT2D eigenvalue weighted by Crippen LogP contribution is 2.29. The van der Waals surface area contributed by atoms with Crippen molar-refractivity contribution in [3.05, 3.63) is 64.7 Å². The topological polar surface area (TPSA) is 98.8 Å². The Morgan fingerprint density at radius 3 is 2.62 bits per heavy atom. The van der Waals surface area contributed by atoms with Crippen LogP contribution in [0.15, 0.2) is 42.5 Å². The fourth-order valence-corrected chi connectivity index (χ4v) is 4.66. The summed E-state index contributed by atoms with van der Waals surface area (Å²) in [5, 5.41) is 5.45. The van der Waals surface area contributed by atoms with Crippen LogP contribution in [0.3, 0.4) is 0 Å². The first-order valence-electron chi connectivity index (χ1n) is 10.9. The van der Waals surface area contributed by atoms with Crippen LogP contribution in [0.1, 0.15) is 39.9 Å². The Labute approximate surface area is 185 Å². The zero-order valence-corrected chi connectivity index (χ0v) is 17.6. The summed E-state index contributed by atoms with van der Waals surface area (Å²) in [5.41, 5.74) is 4.53. The van der Waals surface area contributed by atoms with Crippen LogP contribution in [0.5, 0.6) is 0 Å². The van der Waals surface area contributed by atoms with Gasteiger partial charge in [0.15, 0.2) is 0 Å². The molecule has 3 aliphatic rings. The summed E-state index contributed by atoms with van der Waals surface area (Å²) in [6.07, 6.45) is 1.42. The van der Waals surface area contributed by atoms with Gasteiger partial charge in [0.05, 0.1) is 6.54 Å². The molecule has 3 heterocycles. The van der Waals surface area contributed by atoms with Crippen LogP contribution in [-0.4, -0.2) is 52.6 Å². The summed E-state index contributed by atoms with van der Waals surface area (Å²) < 4.78 is 0. The van der Waals surface area contributed by atoms with Crippen LogP contribution in [-0.2, 0) is 33.9 Å². The summed E-state index contributed by atoms with van der Waals surface area (Å²) in [7, 11) is 0. The van der Waals surface area contributed by atoms with Crippen LogP contribution in [0, 0.1) is 0 Å². The van der Waals surface area contributed by atoms with Crippen LogP contribution in [0.2, 0.25) is 0 Å². The van der Waals surface area contributed by atoms with Gasteiger partial charge in [0.1, 0.15) is 6.04 Å². The minimum Gasteiger partial charge on any atom is -0.376 e. The molecule has 5 rings (SSSR count). The lowest BCUT2D eigenvalue weighted by Gasteiger charge is -2.29. The van der Waals surface area contributed by atoms with E-state index in [1.54, 1.807) is 6.07 Å². The van der Waals surface area contributed by atoms with Gasteiger partial charge in [0, 0.05) is 37.3 Å². The summed E-state index contributed by atoms with van der Waals surface area (Å²) in [6, 6.07) is 13.0. The van der Waals surface area contributed by atoms with Crippen molar-refractivity contribution in [3.63, 3.8) is 0 Å². The Morgan fingerprint density at radius 1 is 1.00 bits per heavy atom. The molecule has 0 bridgehead atoms. The highest BCUT2D eigenvalue weighted by Gasteiger charge is 2.39. The lowest BCUT2D eigenvalue weighted by Crippen LogP contribution is -2.52. The third-order valence-corrected chi connectivity index (χ3v) is 6.46. The largest absolute Gasteiger partial charge is 0.376 e. The van der Waals surface area contributed by atoms with E-state index in [0.717, 1.165) is 12.0 Å². The lowest BCUT2D eigenvalue weighted by molar-refractivity contribution is -0.137. The van der Waals surface area contributed by atoms with Gasteiger partial charge >= 0.3 is 0 Å². The van der Waals surface area contributed by atoms with Gasteiger partial charge in [-0.1, -0.05) is 30.3 Å². The number of benzene rings is 2. The molecule has 0 radical (unpaired) electrons. The number of nitrogens with one attached hydrogen (secondary N) is 2. The Morgan fingerprint density at radius 2 is 1.81 bits per heavy atom. The molecule has 2 aromatic carbocycles. The number of anilines is 1. The van der Waals surface area contributed by atoms with E-state index in [2.05, 4.69) is 22.8 Å².